The average molecular weight is 386 g/mol. The maximum atomic E-state index is 12.1. The molecule has 0 spiro atoms. The summed E-state index contributed by atoms with van der Waals surface area (Å²) in [6.07, 6.45) is 0. The molecule has 3 aromatic rings. The molecule has 4 nitrogen and oxygen atoms in total. The Morgan fingerprint density at radius 1 is 0.759 bits per heavy atom. The molecule has 1 saturated heterocycles. The smallest absolute Gasteiger partial charge is 0.325 e. The van der Waals surface area contributed by atoms with Crippen molar-refractivity contribution >= 4 is 5.97 Å². The van der Waals surface area contributed by atoms with E-state index in [9.17, 15) is 9.90 Å². The molecular weight excluding hydrogens is 360 g/mol. The molecule has 0 aliphatic carbocycles. The van der Waals surface area contributed by atoms with E-state index in [0.29, 0.717) is 0 Å². The maximum Gasteiger partial charge on any atom is 0.325 e. The number of carboxylic acid groups (broad SMARTS) is 1. The summed E-state index contributed by atoms with van der Waals surface area (Å²) < 4.78 is 0. The topological polar surface area (TPSA) is 43.8 Å². The Morgan fingerprint density at radius 3 is 1.90 bits per heavy atom. The Bertz CT molecular complexity index is 918. The summed E-state index contributed by atoms with van der Waals surface area (Å²) in [5.74, 6) is -0.783. The van der Waals surface area contributed by atoms with Crippen molar-refractivity contribution in [3.05, 3.63) is 96.1 Å². The first-order valence-corrected chi connectivity index (χ1v) is 10.1. The summed E-state index contributed by atoms with van der Waals surface area (Å²) in [5, 5.41) is 9.91. The van der Waals surface area contributed by atoms with E-state index in [2.05, 4.69) is 46.2 Å². The predicted molar refractivity (Wildman–Crippen MR) is 116 cm³/mol. The van der Waals surface area contributed by atoms with Gasteiger partial charge in [0.25, 0.3) is 0 Å². The van der Waals surface area contributed by atoms with Crippen LogP contribution in [0.5, 0.6) is 0 Å². The van der Waals surface area contributed by atoms with E-state index in [1.54, 1.807) is 0 Å². The lowest BCUT2D eigenvalue weighted by molar-refractivity contribution is -0.144. The number of carbonyl (C=O) groups is 1. The van der Waals surface area contributed by atoms with E-state index in [4.69, 9.17) is 0 Å². The zero-order valence-corrected chi connectivity index (χ0v) is 16.4. The zero-order chi connectivity index (χ0) is 20.1. The van der Waals surface area contributed by atoms with Gasteiger partial charge < -0.3 is 5.11 Å². The van der Waals surface area contributed by atoms with Gasteiger partial charge in [-0.2, -0.15) is 0 Å². The lowest BCUT2D eigenvalue weighted by Gasteiger charge is -2.37. The molecule has 3 aromatic carbocycles. The monoisotopic (exact) mass is 386 g/mol. The number of carboxylic acids is 1. The quantitative estimate of drug-likeness (QED) is 0.686. The number of aliphatic carboxylic acids is 1. The molecule has 4 heteroatoms. The van der Waals surface area contributed by atoms with Gasteiger partial charge in [0.05, 0.1) is 0 Å². The Hall–Kier alpha value is -2.95. The standard InChI is InChI=1S/C25H26N2O2/c28-25(29)24(23-13-11-22(12-14-23)21-9-5-2-6-10-21)27-17-15-26(16-18-27)19-20-7-3-1-4-8-20/h1-14,24H,15-19H2,(H,28,29). The second-order valence-electron chi connectivity index (χ2n) is 7.53. The second-order valence-corrected chi connectivity index (χ2v) is 7.53. The number of benzene rings is 3. The third kappa shape index (κ3) is 4.73. The van der Waals surface area contributed by atoms with E-state index in [1.807, 2.05) is 48.5 Å². The summed E-state index contributed by atoms with van der Waals surface area (Å²) in [7, 11) is 0. The first-order chi connectivity index (χ1) is 14.2. The van der Waals surface area contributed by atoms with E-state index in [-0.39, 0.29) is 0 Å². The Morgan fingerprint density at radius 2 is 1.31 bits per heavy atom. The molecule has 0 amide bonds. The molecule has 0 bridgehead atoms. The molecule has 1 aliphatic rings. The molecule has 1 N–H and O–H groups in total. The lowest BCUT2D eigenvalue weighted by atomic mass is 9.99. The van der Waals surface area contributed by atoms with Crippen LogP contribution in [0, 0.1) is 0 Å². The third-order valence-electron chi connectivity index (χ3n) is 5.59. The van der Waals surface area contributed by atoms with Crippen LogP contribution in [-0.4, -0.2) is 47.1 Å². The van der Waals surface area contributed by atoms with Crippen molar-refractivity contribution in [1.82, 2.24) is 9.80 Å². The van der Waals surface area contributed by atoms with Crippen molar-refractivity contribution < 1.29 is 9.90 Å². The molecule has 1 heterocycles. The van der Waals surface area contributed by atoms with Crippen molar-refractivity contribution in [2.45, 2.75) is 12.6 Å². The van der Waals surface area contributed by atoms with Gasteiger partial charge in [-0.05, 0) is 22.3 Å². The molecule has 1 unspecified atom stereocenters. The highest BCUT2D eigenvalue weighted by Gasteiger charge is 2.30. The molecule has 1 atom stereocenters. The van der Waals surface area contributed by atoms with Crippen LogP contribution < -0.4 is 0 Å². The maximum absolute atomic E-state index is 12.1. The number of piperazine rings is 1. The van der Waals surface area contributed by atoms with Crippen molar-refractivity contribution in [3.63, 3.8) is 0 Å². The van der Waals surface area contributed by atoms with Crippen molar-refractivity contribution in [3.8, 4) is 11.1 Å². The lowest BCUT2D eigenvalue weighted by Crippen LogP contribution is -2.48. The van der Waals surface area contributed by atoms with Crippen LogP contribution in [0.4, 0.5) is 0 Å². The molecule has 0 saturated carbocycles. The van der Waals surface area contributed by atoms with E-state index >= 15 is 0 Å². The second kappa shape index (κ2) is 9.03. The highest BCUT2D eigenvalue weighted by atomic mass is 16.4. The van der Waals surface area contributed by atoms with E-state index in [0.717, 1.165) is 49.4 Å². The van der Waals surface area contributed by atoms with Gasteiger partial charge >= 0.3 is 5.97 Å². The number of hydrogen-bond donors (Lipinski definition) is 1. The van der Waals surface area contributed by atoms with Gasteiger partial charge in [-0.3, -0.25) is 14.6 Å². The van der Waals surface area contributed by atoms with Gasteiger partial charge in [0, 0.05) is 32.7 Å². The minimum absolute atomic E-state index is 0.598. The van der Waals surface area contributed by atoms with Gasteiger partial charge in [0.15, 0.2) is 0 Å². The molecular formula is C25H26N2O2. The fourth-order valence-electron chi connectivity index (χ4n) is 4.02. The summed E-state index contributed by atoms with van der Waals surface area (Å²) in [6.45, 7) is 4.17. The molecule has 1 fully saturated rings. The van der Waals surface area contributed by atoms with Gasteiger partial charge in [0.1, 0.15) is 6.04 Å². The fourth-order valence-corrected chi connectivity index (χ4v) is 4.02. The summed E-state index contributed by atoms with van der Waals surface area (Å²) >= 11 is 0. The molecule has 4 rings (SSSR count). The van der Waals surface area contributed by atoms with Crippen LogP contribution in [0.1, 0.15) is 17.2 Å². The number of nitrogens with zero attached hydrogens (tertiary/aromatic N) is 2. The predicted octanol–water partition coefficient (Wildman–Crippen LogP) is 4.30. The first kappa shape index (κ1) is 19.4. The van der Waals surface area contributed by atoms with Crippen LogP contribution in [0.25, 0.3) is 11.1 Å². The third-order valence-corrected chi connectivity index (χ3v) is 5.59. The Labute approximate surface area is 172 Å². The molecule has 0 aromatic heterocycles. The van der Waals surface area contributed by atoms with Gasteiger partial charge in [-0.15, -0.1) is 0 Å². The molecule has 0 radical (unpaired) electrons. The highest BCUT2D eigenvalue weighted by Crippen LogP contribution is 2.26. The number of rotatable bonds is 6. The minimum atomic E-state index is -0.783. The van der Waals surface area contributed by atoms with Crippen LogP contribution in [0.3, 0.4) is 0 Å². The average Bonchev–Trinajstić information content (AvgIpc) is 2.77. The van der Waals surface area contributed by atoms with Crippen molar-refractivity contribution in [2.24, 2.45) is 0 Å². The van der Waals surface area contributed by atoms with Crippen LogP contribution in [-0.2, 0) is 11.3 Å². The fraction of sp³-hybridized carbons (Fsp3) is 0.240. The normalized spacial score (nSPS) is 16.4. The van der Waals surface area contributed by atoms with Gasteiger partial charge in [-0.1, -0.05) is 84.9 Å². The zero-order valence-electron chi connectivity index (χ0n) is 16.4. The number of hydrogen-bond acceptors (Lipinski definition) is 3. The summed E-state index contributed by atoms with van der Waals surface area (Å²) in [6, 6.07) is 27.9. The Balaban J connectivity index is 1.43. The summed E-state index contributed by atoms with van der Waals surface area (Å²) in [4.78, 5) is 16.5. The van der Waals surface area contributed by atoms with Crippen LogP contribution in [0.15, 0.2) is 84.9 Å². The van der Waals surface area contributed by atoms with Crippen LogP contribution in [0.2, 0.25) is 0 Å². The van der Waals surface area contributed by atoms with E-state index in [1.165, 1.54) is 5.56 Å². The Kier molecular flexibility index (Phi) is 6.03. The van der Waals surface area contributed by atoms with Crippen molar-refractivity contribution in [2.75, 3.05) is 26.2 Å². The van der Waals surface area contributed by atoms with Crippen molar-refractivity contribution in [1.29, 1.82) is 0 Å². The molecule has 29 heavy (non-hydrogen) atoms. The van der Waals surface area contributed by atoms with Crippen LogP contribution >= 0.6 is 0 Å². The van der Waals surface area contributed by atoms with E-state index < -0.39 is 12.0 Å². The minimum Gasteiger partial charge on any atom is -0.480 e. The highest BCUT2D eigenvalue weighted by molar-refractivity contribution is 5.76. The van der Waals surface area contributed by atoms with Gasteiger partial charge in [0.2, 0.25) is 0 Å². The largest absolute Gasteiger partial charge is 0.480 e. The SMILES string of the molecule is O=C(O)C(c1ccc(-c2ccccc2)cc1)N1CCN(Cc2ccccc2)CC1. The molecule has 1 aliphatic heterocycles. The molecule has 148 valence electrons. The summed E-state index contributed by atoms with van der Waals surface area (Å²) in [5.41, 5.74) is 4.38. The first-order valence-electron chi connectivity index (χ1n) is 10.1. The van der Waals surface area contributed by atoms with Gasteiger partial charge in [-0.25, -0.2) is 0 Å².